The molecule has 1 heterocycles. The van der Waals surface area contributed by atoms with Gasteiger partial charge in [-0.2, -0.15) is 8.42 Å². The maximum absolute atomic E-state index is 11.1. The molecule has 15 heavy (non-hydrogen) atoms. The van der Waals surface area contributed by atoms with Crippen molar-refractivity contribution in [1.82, 2.24) is 4.98 Å². The van der Waals surface area contributed by atoms with Crippen molar-refractivity contribution in [1.29, 1.82) is 0 Å². The first-order valence-electron chi connectivity index (χ1n) is 4.51. The molecule has 5 nitrogen and oxygen atoms in total. The predicted octanol–water partition coefficient (Wildman–Crippen LogP) is 1.22. The van der Waals surface area contributed by atoms with Crippen molar-refractivity contribution >= 4 is 10.1 Å². The number of hydrogen-bond acceptors (Lipinski definition) is 3. The van der Waals surface area contributed by atoms with E-state index in [9.17, 15) is 13.5 Å². The lowest BCUT2D eigenvalue weighted by Crippen LogP contribution is -2.14. The minimum Gasteiger partial charge on any atom is -0.285 e. The normalized spacial score (nSPS) is 13.7. The van der Waals surface area contributed by atoms with Crippen LogP contribution in [0.1, 0.15) is 23.8 Å². The van der Waals surface area contributed by atoms with Crippen molar-refractivity contribution < 1.29 is 18.1 Å². The third kappa shape index (κ3) is 3.58. The minimum atomic E-state index is -4.19. The Bertz CT molecular complexity index is 390. The van der Waals surface area contributed by atoms with Crippen molar-refractivity contribution in [2.45, 2.75) is 18.1 Å². The van der Waals surface area contributed by atoms with Crippen LogP contribution in [-0.4, -0.2) is 24.6 Å². The van der Waals surface area contributed by atoms with E-state index in [4.69, 9.17) is 4.55 Å². The molecule has 1 N–H and O–H groups in total. The standard InChI is InChI=1S/C9H12NO4S/c11-7-3-5-9(15(12,13)14)8-4-1-2-6-10-8/h1-2,4,6,9H,3,5,7H2,(H,12,13,14). The summed E-state index contributed by atoms with van der Waals surface area (Å²) >= 11 is 0. The fraction of sp³-hybridized carbons (Fsp3) is 0.444. The van der Waals surface area contributed by atoms with Gasteiger partial charge in [-0.25, -0.2) is 5.11 Å². The van der Waals surface area contributed by atoms with Crippen LogP contribution in [0.5, 0.6) is 0 Å². The van der Waals surface area contributed by atoms with Gasteiger partial charge >= 0.3 is 0 Å². The molecular weight excluding hydrogens is 218 g/mol. The molecule has 0 saturated heterocycles. The van der Waals surface area contributed by atoms with Crippen LogP contribution >= 0.6 is 0 Å². The average molecular weight is 230 g/mol. The second-order valence-electron chi connectivity index (χ2n) is 3.10. The molecule has 1 atom stereocenters. The third-order valence-corrected chi connectivity index (χ3v) is 3.18. The van der Waals surface area contributed by atoms with E-state index < -0.39 is 15.4 Å². The van der Waals surface area contributed by atoms with Crippen LogP contribution in [0.3, 0.4) is 0 Å². The lowest BCUT2D eigenvalue weighted by Gasteiger charge is -2.11. The molecule has 83 valence electrons. The Balaban J connectivity index is 2.92. The molecule has 0 aliphatic heterocycles. The van der Waals surface area contributed by atoms with Crippen molar-refractivity contribution in [3.8, 4) is 0 Å². The van der Waals surface area contributed by atoms with Gasteiger partial charge in [-0.1, -0.05) is 6.07 Å². The van der Waals surface area contributed by atoms with E-state index in [1.54, 1.807) is 12.1 Å². The molecule has 0 amide bonds. The third-order valence-electron chi connectivity index (χ3n) is 1.99. The van der Waals surface area contributed by atoms with Gasteiger partial charge in [0.25, 0.3) is 10.1 Å². The van der Waals surface area contributed by atoms with Gasteiger partial charge in [-0.15, -0.1) is 0 Å². The van der Waals surface area contributed by atoms with E-state index in [0.717, 1.165) is 0 Å². The number of pyridine rings is 1. The summed E-state index contributed by atoms with van der Waals surface area (Å²) in [6.45, 7) is -0.362. The van der Waals surface area contributed by atoms with Crippen LogP contribution in [0, 0.1) is 0 Å². The Morgan fingerprint density at radius 3 is 2.60 bits per heavy atom. The van der Waals surface area contributed by atoms with Gasteiger partial charge in [-0.05, 0) is 25.0 Å². The number of nitrogens with zero attached hydrogens (tertiary/aromatic N) is 1. The second kappa shape index (κ2) is 5.20. The van der Waals surface area contributed by atoms with Gasteiger partial charge in [0.2, 0.25) is 0 Å². The molecule has 1 rings (SSSR count). The summed E-state index contributed by atoms with van der Waals surface area (Å²) in [6, 6.07) is 4.80. The number of rotatable bonds is 5. The van der Waals surface area contributed by atoms with Gasteiger partial charge in [0, 0.05) is 6.20 Å². The van der Waals surface area contributed by atoms with Crippen LogP contribution < -0.4 is 0 Å². The Kier molecular flexibility index (Phi) is 4.19. The molecule has 1 radical (unpaired) electrons. The smallest absolute Gasteiger partial charge is 0.273 e. The number of hydrogen-bond donors (Lipinski definition) is 1. The SMILES string of the molecule is [O]CCCC(c1ccccn1)S(=O)(=O)O. The Hall–Kier alpha value is -0.980. The largest absolute Gasteiger partial charge is 0.285 e. The van der Waals surface area contributed by atoms with Gasteiger partial charge in [0.15, 0.2) is 0 Å². The van der Waals surface area contributed by atoms with Crippen molar-refractivity contribution in [3.05, 3.63) is 30.1 Å². The maximum Gasteiger partial charge on any atom is 0.273 e. The summed E-state index contributed by atoms with van der Waals surface area (Å²) in [4.78, 5) is 3.86. The van der Waals surface area contributed by atoms with Crippen molar-refractivity contribution in [2.75, 3.05) is 6.61 Å². The highest BCUT2D eigenvalue weighted by Crippen LogP contribution is 2.24. The Labute approximate surface area is 88.5 Å². The first kappa shape index (κ1) is 12.1. The van der Waals surface area contributed by atoms with Crippen molar-refractivity contribution in [2.24, 2.45) is 0 Å². The first-order valence-corrected chi connectivity index (χ1v) is 6.01. The highest BCUT2D eigenvalue weighted by molar-refractivity contribution is 7.86. The zero-order valence-corrected chi connectivity index (χ0v) is 8.85. The minimum absolute atomic E-state index is 0.0966. The maximum atomic E-state index is 11.1. The fourth-order valence-electron chi connectivity index (χ4n) is 1.28. The molecule has 6 heteroatoms. The highest BCUT2D eigenvalue weighted by Gasteiger charge is 2.25. The van der Waals surface area contributed by atoms with E-state index in [2.05, 4.69) is 4.98 Å². The topological polar surface area (TPSA) is 87.2 Å². The molecule has 0 aliphatic rings. The molecule has 1 aromatic rings. The van der Waals surface area contributed by atoms with Crippen LogP contribution in [0.25, 0.3) is 0 Å². The van der Waals surface area contributed by atoms with Crippen LogP contribution in [0.2, 0.25) is 0 Å². The lowest BCUT2D eigenvalue weighted by molar-refractivity contribution is 0.186. The predicted molar refractivity (Wildman–Crippen MR) is 53.3 cm³/mol. The summed E-state index contributed by atoms with van der Waals surface area (Å²) in [5, 5.41) is 9.21. The molecule has 0 bridgehead atoms. The van der Waals surface area contributed by atoms with Crippen LogP contribution in [-0.2, 0) is 15.2 Å². The molecule has 0 saturated carbocycles. The summed E-state index contributed by atoms with van der Waals surface area (Å²) in [5.41, 5.74) is 0.272. The second-order valence-corrected chi connectivity index (χ2v) is 4.70. The van der Waals surface area contributed by atoms with Gasteiger partial charge in [-0.3, -0.25) is 9.54 Å². The summed E-state index contributed by atoms with van der Waals surface area (Å²) in [7, 11) is -4.19. The molecule has 0 spiro atoms. The fourth-order valence-corrected chi connectivity index (χ4v) is 2.19. The summed E-state index contributed by atoms with van der Waals surface area (Å²) in [6.07, 6.45) is 1.74. The van der Waals surface area contributed by atoms with Crippen molar-refractivity contribution in [3.63, 3.8) is 0 Å². The summed E-state index contributed by atoms with van der Waals surface area (Å²) < 4.78 is 31.1. The van der Waals surface area contributed by atoms with Gasteiger partial charge < -0.3 is 0 Å². The Morgan fingerprint density at radius 1 is 1.40 bits per heavy atom. The molecule has 0 aromatic carbocycles. The summed E-state index contributed by atoms with van der Waals surface area (Å²) in [5.74, 6) is 0. The van der Waals surface area contributed by atoms with Gasteiger partial charge in [0.1, 0.15) is 5.25 Å². The monoisotopic (exact) mass is 230 g/mol. The zero-order valence-electron chi connectivity index (χ0n) is 8.04. The van der Waals surface area contributed by atoms with Crippen LogP contribution in [0.4, 0.5) is 0 Å². The van der Waals surface area contributed by atoms with Crippen LogP contribution in [0.15, 0.2) is 24.4 Å². The first-order chi connectivity index (χ1) is 7.05. The molecule has 0 aliphatic carbocycles. The van der Waals surface area contributed by atoms with E-state index in [0.29, 0.717) is 0 Å². The lowest BCUT2D eigenvalue weighted by atomic mass is 10.2. The highest BCUT2D eigenvalue weighted by atomic mass is 32.2. The van der Waals surface area contributed by atoms with Gasteiger partial charge in [0.05, 0.1) is 12.3 Å². The van der Waals surface area contributed by atoms with E-state index in [-0.39, 0.29) is 25.1 Å². The molecule has 0 fully saturated rings. The molecular formula is C9H12NO4S. The zero-order chi connectivity index (χ0) is 11.3. The Morgan fingerprint density at radius 2 is 2.13 bits per heavy atom. The van der Waals surface area contributed by atoms with E-state index >= 15 is 0 Å². The molecule has 1 aromatic heterocycles. The molecule has 1 unspecified atom stereocenters. The van der Waals surface area contributed by atoms with E-state index in [1.165, 1.54) is 12.3 Å². The number of aromatic nitrogens is 1. The van der Waals surface area contributed by atoms with E-state index in [1.807, 2.05) is 0 Å². The quantitative estimate of drug-likeness (QED) is 0.770. The average Bonchev–Trinajstić information content (AvgIpc) is 2.18.